The van der Waals surface area contributed by atoms with Gasteiger partial charge in [-0.25, -0.2) is 5.43 Å². The van der Waals surface area contributed by atoms with Crippen molar-refractivity contribution in [1.82, 2.24) is 5.43 Å². The van der Waals surface area contributed by atoms with Crippen LogP contribution in [0.2, 0.25) is 0 Å². The summed E-state index contributed by atoms with van der Waals surface area (Å²) in [5.74, 6) is -0.333. The fourth-order valence-corrected chi connectivity index (χ4v) is 3.71. The van der Waals surface area contributed by atoms with Gasteiger partial charge in [0.1, 0.15) is 10.6 Å². The maximum atomic E-state index is 12.3. The van der Waals surface area contributed by atoms with Gasteiger partial charge in [0.05, 0.1) is 11.1 Å². The zero-order valence-electron chi connectivity index (χ0n) is 15.6. The summed E-state index contributed by atoms with van der Waals surface area (Å²) in [6.07, 6.45) is 1.39. The molecule has 0 heterocycles. The molecule has 0 spiro atoms. The summed E-state index contributed by atoms with van der Waals surface area (Å²) >= 11 is 3.29. The van der Waals surface area contributed by atoms with E-state index in [4.69, 9.17) is 4.18 Å². The third kappa shape index (κ3) is 5.96. The number of nitrogens with zero attached hydrogens (tertiary/aromatic N) is 2. The monoisotopic (exact) mass is 503 g/mol. The summed E-state index contributed by atoms with van der Waals surface area (Å²) < 4.78 is 30.4. The molecule has 158 valence electrons. The average molecular weight is 504 g/mol. The molecular formula is C20H14BrN3O6S. The van der Waals surface area contributed by atoms with Gasteiger partial charge in [0, 0.05) is 22.2 Å². The molecule has 1 N–H and O–H groups in total. The number of carbonyl (C=O) groups is 1. The molecule has 0 aliphatic heterocycles. The second-order valence-electron chi connectivity index (χ2n) is 6.07. The molecule has 11 heteroatoms. The van der Waals surface area contributed by atoms with Gasteiger partial charge in [0.25, 0.3) is 11.6 Å². The first-order chi connectivity index (χ1) is 14.7. The van der Waals surface area contributed by atoms with Crippen molar-refractivity contribution in [1.29, 1.82) is 0 Å². The van der Waals surface area contributed by atoms with Gasteiger partial charge in [-0.2, -0.15) is 13.5 Å². The highest BCUT2D eigenvalue weighted by atomic mass is 79.9. The molecule has 0 bridgehead atoms. The van der Waals surface area contributed by atoms with Crippen LogP contribution in [0.15, 0.2) is 87.3 Å². The summed E-state index contributed by atoms with van der Waals surface area (Å²) in [5.41, 5.74) is 3.20. The molecule has 9 nitrogen and oxygen atoms in total. The van der Waals surface area contributed by atoms with Crippen LogP contribution in [0.25, 0.3) is 0 Å². The highest BCUT2D eigenvalue weighted by Crippen LogP contribution is 2.21. The number of nitro benzene ring substituents is 1. The number of nitro groups is 1. The zero-order chi connectivity index (χ0) is 22.4. The maximum Gasteiger partial charge on any atom is 0.339 e. The van der Waals surface area contributed by atoms with Crippen molar-refractivity contribution in [3.05, 3.63) is 98.5 Å². The molecule has 31 heavy (non-hydrogen) atoms. The lowest BCUT2D eigenvalue weighted by atomic mass is 10.2. The molecule has 1 amide bonds. The molecule has 0 radical (unpaired) electrons. The van der Waals surface area contributed by atoms with E-state index in [1.54, 1.807) is 36.4 Å². The van der Waals surface area contributed by atoms with Crippen molar-refractivity contribution in [2.75, 3.05) is 0 Å². The summed E-state index contributed by atoms with van der Waals surface area (Å²) in [6, 6.07) is 17.1. The lowest BCUT2D eigenvalue weighted by molar-refractivity contribution is -0.384. The van der Waals surface area contributed by atoms with Crippen LogP contribution >= 0.6 is 15.9 Å². The van der Waals surface area contributed by atoms with E-state index in [0.29, 0.717) is 11.1 Å². The van der Waals surface area contributed by atoms with Gasteiger partial charge < -0.3 is 4.18 Å². The van der Waals surface area contributed by atoms with Gasteiger partial charge >= 0.3 is 10.1 Å². The Morgan fingerprint density at radius 3 is 2.35 bits per heavy atom. The fourth-order valence-electron chi connectivity index (χ4n) is 2.38. The molecule has 0 aliphatic carbocycles. The fraction of sp³-hybridized carbons (Fsp3) is 0. The summed E-state index contributed by atoms with van der Waals surface area (Å²) in [6.45, 7) is 0. The number of nitrogens with one attached hydrogen (secondary N) is 1. The van der Waals surface area contributed by atoms with Gasteiger partial charge in [0.15, 0.2) is 0 Å². The molecule has 3 rings (SSSR count). The topological polar surface area (TPSA) is 128 Å². The first-order valence-corrected chi connectivity index (χ1v) is 10.8. The standard InChI is InChI=1S/C20H14BrN3O6S/c21-16-3-1-2-15(12-16)20(25)23-22-13-14-4-8-18(9-5-14)30-31(28,29)19-10-6-17(7-11-19)24(26)27/h1-13H,(H,23,25)/b22-13-. The Labute approximate surface area is 185 Å². The molecule has 0 aromatic heterocycles. The van der Waals surface area contributed by atoms with Crippen LogP contribution in [0.5, 0.6) is 5.75 Å². The summed E-state index contributed by atoms with van der Waals surface area (Å²) in [7, 11) is -4.15. The number of hydrazone groups is 1. The number of benzene rings is 3. The lowest BCUT2D eigenvalue weighted by Crippen LogP contribution is -2.17. The van der Waals surface area contributed by atoms with Crippen LogP contribution in [0.4, 0.5) is 5.69 Å². The van der Waals surface area contributed by atoms with Crippen LogP contribution in [0.1, 0.15) is 15.9 Å². The van der Waals surface area contributed by atoms with E-state index >= 15 is 0 Å². The second-order valence-corrected chi connectivity index (χ2v) is 8.53. The van der Waals surface area contributed by atoms with Crippen molar-refractivity contribution in [2.24, 2.45) is 5.10 Å². The van der Waals surface area contributed by atoms with Gasteiger partial charge in [0.2, 0.25) is 0 Å². The van der Waals surface area contributed by atoms with Crippen molar-refractivity contribution in [3.8, 4) is 5.75 Å². The number of hydrogen-bond donors (Lipinski definition) is 1. The van der Waals surface area contributed by atoms with Crippen LogP contribution in [-0.2, 0) is 10.1 Å². The lowest BCUT2D eigenvalue weighted by Gasteiger charge is -2.07. The van der Waals surface area contributed by atoms with Gasteiger partial charge in [-0.15, -0.1) is 0 Å². The smallest absolute Gasteiger partial charge is 0.339 e. The van der Waals surface area contributed by atoms with Crippen LogP contribution in [0.3, 0.4) is 0 Å². The van der Waals surface area contributed by atoms with E-state index in [9.17, 15) is 23.3 Å². The molecular weight excluding hydrogens is 490 g/mol. The molecule has 0 atom stereocenters. The Balaban J connectivity index is 1.62. The molecule has 0 saturated carbocycles. The highest BCUT2D eigenvalue weighted by molar-refractivity contribution is 9.10. The number of rotatable bonds is 7. The predicted octanol–water partition coefficient (Wildman–Crippen LogP) is 3.89. The number of hydrogen-bond acceptors (Lipinski definition) is 7. The molecule has 0 aliphatic rings. The van der Waals surface area contributed by atoms with Crippen molar-refractivity contribution in [2.45, 2.75) is 4.90 Å². The minimum absolute atomic E-state index is 0.0497. The molecule has 3 aromatic carbocycles. The summed E-state index contributed by atoms with van der Waals surface area (Å²) in [5, 5.41) is 14.5. The third-order valence-corrected chi connectivity index (χ3v) is 5.64. The summed E-state index contributed by atoms with van der Waals surface area (Å²) in [4.78, 5) is 21.9. The molecule has 0 unspecified atom stereocenters. The minimum atomic E-state index is -4.15. The quantitative estimate of drug-likeness (QED) is 0.225. The number of amides is 1. The maximum absolute atomic E-state index is 12.3. The highest BCUT2D eigenvalue weighted by Gasteiger charge is 2.18. The van der Waals surface area contributed by atoms with Crippen molar-refractivity contribution >= 4 is 43.9 Å². The Kier molecular flexibility index (Phi) is 6.78. The van der Waals surface area contributed by atoms with Crippen LogP contribution in [0, 0.1) is 10.1 Å². The van der Waals surface area contributed by atoms with Gasteiger partial charge in [-0.3, -0.25) is 14.9 Å². The molecule has 0 fully saturated rings. The Morgan fingerprint density at radius 1 is 1.06 bits per heavy atom. The largest absolute Gasteiger partial charge is 0.379 e. The van der Waals surface area contributed by atoms with E-state index in [1.165, 1.54) is 18.3 Å². The molecule has 0 saturated heterocycles. The first-order valence-electron chi connectivity index (χ1n) is 8.62. The normalized spacial score (nSPS) is 11.3. The number of non-ortho nitro benzene ring substituents is 1. The van der Waals surface area contributed by atoms with Crippen molar-refractivity contribution < 1.29 is 22.3 Å². The second kappa shape index (κ2) is 9.49. The van der Waals surface area contributed by atoms with Gasteiger partial charge in [-0.05, 0) is 60.2 Å². The minimum Gasteiger partial charge on any atom is -0.379 e. The van der Waals surface area contributed by atoms with E-state index in [2.05, 4.69) is 26.5 Å². The predicted molar refractivity (Wildman–Crippen MR) is 117 cm³/mol. The Morgan fingerprint density at radius 2 is 1.74 bits per heavy atom. The average Bonchev–Trinajstić information content (AvgIpc) is 2.75. The zero-order valence-corrected chi connectivity index (χ0v) is 18.0. The number of halogens is 1. The third-order valence-electron chi connectivity index (χ3n) is 3.89. The van der Waals surface area contributed by atoms with Crippen molar-refractivity contribution in [3.63, 3.8) is 0 Å². The first kappa shape index (κ1) is 22.1. The van der Waals surface area contributed by atoms with E-state index in [-0.39, 0.29) is 22.2 Å². The Hall–Kier alpha value is -3.57. The van der Waals surface area contributed by atoms with Gasteiger partial charge in [-0.1, -0.05) is 22.0 Å². The number of carbonyl (C=O) groups excluding carboxylic acids is 1. The molecule has 3 aromatic rings. The SMILES string of the molecule is O=C(N/N=C\c1ccc(OS(=O)(=O)c2ccc([N+](=O)[O-])cc2)cc1)c1cccc(Br)c1. The van der Waals surface area contributed by atoms with E-state index < -0.39 is 15.0 Å². The van der Waals surface area contributed by atoms with Crippen LogP contribution in [-0.4, -0.2) is 25.5 Å². The van der Waals surface area contributed by atoms with Crippen LogP contribution < -0.4 is 9.61 Å². The van der Waals surface area contributed by atoms with E-state index in [1.807, 2.05) is 0 Å². The van der Waals surface area contributed by atoms with E-state index in [0.717, 1.165) is 28.7 Å². The Bertz CT molecular complexity index is 1240.